The van der Waals surface area contributed by atoms with Crippen LogP contribution in [0.3, 0.4) is 0 Å². The second-order valence-electron chi connectivity index (χ2n) is 4.50. The van der Waals surface area contributed by atoms with E-state index in [0.29, 0.717) is 19.4 Å². The fraction of sp³-hybridized carbons (Fsp3) is 0.818. The number of carbonyl (C=O) groups excluding carboxylic acids is 2. The number of nitrogens with one attached hydrogen (secondary N) is 1. The lowest BCUT2D eigenvalue weighted by atomic mass is 10.1. The molecule has 2 fully saturated rings. The van der Waals surface area contributed by atoms with E-state index in [1.807, 2.05) is 6.92 Å². The molecule has 0 aliphatic carbocycles. The summed E-state index contributed by atoms with van der Waals surface area (Å²) in [6.45, 7) is 3.21. The van der Waals surface area contributed by atoms with Gasteiger partial charge in [0.05, 0.1) is 0 Å². The van der Waals surface area contributed by atoms with Gasteiger partial charge < -0.3 is 4.90 Å². The van der Waals surface area contributed by atoms with Crippen LogP contribution in [0, 0.1) is 0 Å². The van der Waals surface area contributed by atoms with E-state index < -0.39 is 0 Å². The summed E-state index contributed by atoms with van der Waals surface area (Å²) < 4.78 is 0. The third-order valence-corrected chi connectivity index (χ3v) is 3.21. The van der Waals surface area contributed by atoms with Gasteiger partial charge in [0.1, 0.15) is 0 Å². The van der Waals surface area contributed by atoms with Crippen LogP contribution < -0.4 is 5.59 Å². The highest BCUT2D eigenvalue weighted by Crippen LogP contribution is 2.14. The Bertz CT molecular complexity index is 308. The van der Waals surface area contributed by atoms with E-state index in [1.165, 1.54) is 5.01 Å². The molecule has 0 aromatic heterocycles. The zero-order chi connectivity index (χ0) is 12.3. The molecule has 0 aromatic rings. The number of amides is 2. The van der Waals surface area contributed by atoms with E-state index in [2.05, 4.69) is 5.59 Å². The predicted molar refractivity (Wildman–Crippen MR) is 60.2 cm³/mol. The van der Waals surface area contributed by atoms with E-state index in [4.69, 9.17) is 4.84 Å². The van der Waals surface area contributed by atoms with Crippen LogP contribution in [0.5, 0.6) is 0 Å². The maximum atomic E-state index is 11.6. The van der Waals surface area contributed by atoms with E-state index >= 15 is 0 Å². The molecule has 0 radical (unpaired) electrons. The molecule has 6 heteroatoms. The van der Waals surface area contributed by atoms with Gasteiger partial charge in [-0.05, 0) is 26.2 Å². The average molecular weight is 241 g/mol. The summed E-state index contributed by atoms with van der Waals surface area (Å²) in [5, 5.41) is 1.46. The molecule has 0 spiro atoms. The van der Waals surface area contributed by atoms with Crippen molar-refractivity contribution in [3.63, 3.8) is 0 Å². The minimum absolute atomic E-state index is 0.0437. The van der Waals surface area contributed by atoms with Crippen molar-refractivity contribution in [3.05, 3.63) is 0 Å². The number of hydrogen-bond donors (Lipinski definition) is 1. The van der Waals surface area contributed by atoms with Gasteiger partial charge in [0.2, 0.25) is 11.8 Å². The Balaban J connectivity index is 1.78. The molecule has 1 N–H and O–H groups in total. The lowest BCUT2D eigenvalue weighted by molar-refractivity contribution is -0.183. The number of piperidine rings is 1. The van der Waals surface area contributed by atoms with E-state index in [9.17, 15) is 9.59 Å². The van der Waals surface area contributed by atoms with Gasteiger partial charge in [0, 0.05) is 25.9 Å². The van der Waals surface area contributed by atoms with Gasteiger partial charge in [0.15, 0.2) is 6.23 Å². The van der Waals surface area contributed by atoms with Gasteiger partial charge in [-0.1, -0.05) is 0 Å². The Labute approximate surface area is 101 Å². The third kappa shape index (κ3) is 2.95. The first kappa shape index (κ1) is 12.3. The van der Waals surface area contributed by atoms with Crippen molar-refractivity contribution in [2.45, 2.75) is 45.3 Å². The summed E-state index contributed by atoms with van der Waals surface area (Å²) in [4.78, 5) is 30.0. The molecule has 96 valence electrons. The Kier molecular flexibility index (Phi) is 3.96. The number of rotatable bonds is 4. The average Bonchev–Trinajstić information content (AvgIpc) is 2.72. The van der Waals surface area contributed by atoms with Crippen LogP contribution in [0.1, 0.15) is 39.0 Å². The van der Waals surface area contributed by atoms with Gasteiger partial charge >= 0.3 is 0 Å². The minimum Gasteiger partial charge on any atom is -0.315 e. The number of carbonyl (C=O) groups is 2. The molecule has 17 heavy (non-hydrogen) atoms. The van der Waals surface area contributed by atoms with Crippen molar-refractivity contribution in [2.24, 2.45) is 0 Å². The molecule has 0 aromatic carbocycles. The molecule has 2 amide bonds. The van der Waals surface area contributed by atoms with E-state index in [1.54, 1.807) is 4.90 Å². The van der Waals surface area contributed by atoms with Crippen LogP contribution in [-0.4, -0.2) is 41.0 Å². The molecule has 2 aliphatic heterocycles. The molecule has 6 nitrogen and oxygen atoms in total. The van der Waals surface area contributed by atoms with Crippen LogP contribution in [0.15, 0.2) is 0 Å². The molecule has 0 saturated carbocycles. The van der Waals surface area contributed by atoms with Gasteiger partial charge in [-0.3, -0.25) is 19.4 Å². The van der Waals surface area contributed by atoms with Crippen molar-refractivity contribution in [2.75, 3.05) is 13.1 Å². The van der Waals surface area contributed by atoms with Crippen LogP contribution in [0.4, 0.5) is 0 Å². The number of hydrogen-bond acceptors (Lipinski definition) is 4. The molecule has 0 bridgehead atoms. The van der Waals surface area contributed by atoms with Crippen molar-refractivity contribution in [1.82, 2.24) is 15.5 Å². The molecule has 2 heterocycles. The monoisotopic (exact) mass is 241 g/mol. The van der Waals surface area contributed by atoms with Crippen LogP contribution in [0.2, 0.25) is 0 Å². The molecule has 2 aliphatic rings. The highest BCUT2D eigenvalue weighted by atomic mass is 16.7. The normalized spacial score (nSPS) is 23.4. The Morgan fingerprint density at radius 2 is 1.88 bits per heavy atom. The van der Waals surface area contributed by atoms with Crippen LogP contribution in [-0.2, 0) is 14.4 Å². The quantitative estimate of drug-likeness (QED) is 0.724. The number of likely N-dealkylation sites (tertiary alicyclic amines) is 1. The van der Waals surface area contributed by atoms with Crippen molar-refractivity contribution >= 4 is 11.8 Å². The second-order valence-corrected chi connectivity index (χ2v) is 4.50. The summed E-state index contributed by atoms with van der Waals surface area (Å²) in [5.74, 6) is 0.167. The summed E-state index contributed by atoms with van der Waals surface area (Å²) in [6.07, 6.45) is 3.65. The first-order valence-corrected chi connectivity index (χ1v) is 6.19. The van der Waals surface area contributed by atoms with E-state index in [0.717, 1.165) is 25.8 Å². The first-order chi connectivity index (χ1) is 8.18. The molecule has 2 rings (SSSR count). The Morgan fingerprint density at radius 3 is 2.53 bits per heavy atom. The maximum Gasteiger partial charge on any atom is 0.238 e. The summed E-state index contributed by atoms with van der Waals surface area (Å²) in [5.41, 5.74) is 2.64. The highest BCUT2D eigenvalue weighted by Gasteiger charge is 2.26. The van der Waals surface area contributed by atoms with Crippen molar-refractivity contribution in [1.29, 1.82) is 0 Å². The predicted octanol–water partition coefficient (Wildman–Crippen LogP) is 0.403. The third-order valence-electron chi connectivity index (χ3n) is 3.21. The molecule has 1 unspecified atom stereocenters. The molecular formula is C11H19N3O3. The van der Waals surface area contributed by atoms with Gasteiger partial charge in [-0.15, -0.1) is 5.59 Å². The lowest BCUT2D eigenvalue weighted by Gasteiger charge is -2.32. The number of hydrazine groups is 1. The standard InChI is InChI=1S/C11H19N3O3/c1-9(13-7-3-2-5-10(13)15)17-12-14-8-4-6-11(14)16/h9,12H,2-8H2,1H3. The topological polar surface area (TPSA) is 61.9 Å². The Morgan fingerprint density at radius 1 is 1.12 bits per heavy atom. The van der Waals surface area contributed by atoms with Gasteiger partial charge in [-0.2, -0.15) is 0 Å². The maximum absolute atomic E-state index is 11.6. The van der Waals surface area contributed by atoms with Crippen molar-refractivity contribution in [3.8, 4) is 0 Å². The van der Waals surface area contributed by atoms with Crippen LogP contribution in [0.25, 0.3) is 0 Å². The van der Waals surface area contributed by atoms with E-state index in [-0.39, 0.29) is 18.0 Å². The largest absolute Gasteiger partial charge is 0.315 e. The summed E-state index contributed by atoms with van der Waals surface area (Å²) in [7, 11) is 0. The Hall–Kier alpha value is -1.14. The fourth-order valence-corrected chi connectivity index (χ4v) is 2.16. The highest BCUT2D eigenvalue weighted by molar-refractivity contribution is 5.77. The summed E-state index contributed by atoms with van der Waals surface area (Å²) >= 11 is 0. The first-order valence-electron chi connectivity index (χ1n) is 6.19. The second kappa shape index (κ2) is 5.46. The zero-order valence-electron chi connectivity index (χ0n) is 10.1. The SMILES string of the molecule is CC(ONN1CCCC1=O)N1CCCCC1=O. The smallest absolute Gasteiger partial charge is 0.238 e. The van der Waals surface area contributed by atoms with Crippen molar-refractivity contribution < 1.29 is 14.4 Å². The van der Waals surface area contributed by atoms with Gasteiger partial charge in [0.25, 0.3) is 0 Å². The van der Waals surface area contributed by atoms with Gasteiger partial charge in [-0.25, -0.2) is 0 Å². The minimum atomic E-state index is -0.337. The zero-order valence-corrected chi connectivity index (χ0v) is 10.1. The summed E-state index contributed by atoms with van der Waals surface area (Å²) in [6, 6.07) is 0. The lowest BCUT2D eigenvalue weighted by Crippen LogP contribution is -2.48. The molecule has 2 saturated heterocycles. The number of nitrogens with zero attached hydrogens (tertiary/aromatic N) is 2. The fourth-order valence-electron chi connectivity index (χ4n) is 2.16. The molecule has 1 atom stereocenters. The van der Waals surface area contributed by atoms with Crippen LogP contribution >= 0.6 is 0 Å². The molecular weight excluding hydrogens is 222 g/mol.